The maximum absolute atomic E-state index is 2.87. The fourth-order valence-electron chi connectivity index (χ4n) is 18.3. The molecule has 0 amide bonds. The second-order valence-electron chi connectivity index (χ2n) is 31.5. The normalized spacial score (nSPS) is 21.5. The molecule has 436 valence electrons. The average Bonchev–Trinajstić information content (AvgIpc) is 1.70. The molecule has 9 aromatic carbocycles. The minimum Gasteiger partial charge on any atom is -0.334 e. The smallest absolute Gasteiger partial charge is 0.252 e. The van der Waals surface area contributed by atoms with Crippen LogP contribution in [0.15, 0.2) is 170 Å². The Bertz CT molecular complexity index is 4550. The van der Waals surface area contributed by atoms with Crippen molar-refractivity contribution in [2.24, 2.45) is 0 Å². The first-order valence-electron chi connectivity index (χ1n) is 32.7. The van der Waals surface area contributed by atoms with E-state index in [0.29, 0.717) is 0 Å². The van der Waals surface area contributed by atoms with Gasteiger partial charge in [-0.1, -0.05) is 199 Å². The third kappa shape index (κ3) is 7.85. The summed E-state index contributed by atoms with van der Waals surface area (Å²) in [5, 5.41) is 2.66. The van der Waals surface area contributed by atoms with Gasteiger partial charge < -0.3 is 14.7 Å². The molecule has 5 heteroatoms. The lowest BCUT2D eigenvalue weighted by molar-refractivity contribution is 0.195. The van der Waals surface area contributed by atoms with Gasteiger partial charge in [0, 0.05) is 65.4 Å². The van der Waals surface area contributed by atoms with E-state index in [2.05, 4.69) is 281 Å². The topological polar surface area (TPSA) is 9.72 Å². The van der Waals surface area contributed by atoms with Gasteiger partial charge in [0.2, 0.25) is 0 Å². The minimum absolute atomic E-state index is 0.000772. The molecule has 16 rings (SSSR count). The summed E-state index contributed by atoms with van der Waals surface area (Å²) < 4.78 is 2.65. The molecular weight excluding hydrogens is 1070 g/mol. The number of anilines is 8. The zero-order valence-electron chi connectivity index (χ0n) is 53.9. The van der Waals surface area contributed by atoms with Crippen molar-refractivity contribution in [3.05, 3.63) is 209 Å². The standard InChI is InChI=1S/C82H84BN3S/c1-50-41-53(51-23-16-15-17-24-51)31-35-65(50)84-68-47-60-58(77(5,6)39-40-78(60,7)8)45-63(68)83-64-46-59-61(80(11,12)49-79(59,9)10)48-69(64)85(67-26-22-28-73-74(67)57-25-18-19-27-72(57)87-73)71-44-56(43-70(84)75(71)83)86-66-36-32-54(52-29-33-55(34-30-52)76(2,3)4)42-62(66)81(13)37-20-21-38-82(81,86)14/h15-19,22-36,41-48H,20-21,37-40,49H2,1-14H3. The van der Waals surface area contributed by atoms with Crippen LogP contribution >= 0.6 is 11.3 Å². The van der Waals surface area contributed by atoms with Crippen LogP contribution in [0.3, 0.4) is 0 Å². The van der Waals surface area contributed by atoms with Crippen molar-refractivity contribution in [2.75, 3.05) is 14.7 Å². The Hall–Kier alpha value is -7.34. The van der Waals surface area contributed by atoms with E-state index in [1.54, 1.807) is 0 Å². The average molecular weight is 1150 g/mol. The molecule has 2 unspecified atom stereocenters. The molecule has 10 aromatic rings. The van der Waals surface area contributed by atoms with E-state index in [1.807, 2.05) is 11.3 Å². The maximum atomic E-state index is 2.87. The van der Waals surface area contributed by atoms with Crippen LogP contribution in [0.2, 0.25) is 0 Å². The van der Waals surface area contributed by atoms with Crippen molar-refractivity contribution in [1.82, 2.24) is 0 Å². The summed E-state index contributed by atoms with van der Waals surface area (Å²) in [6.07, 6.45) is 8.09. The van der Waals surface area contributed by atoms with E-state index < -0.39 is 0 Å². The number of aryl methyl sites for hydroxylation is 1. The van der Waals surface area contributed by atoms with Crippen LogP contribution < -0.4 is 31.1 Å². The number of hydrogen-bond donors (Lipinski definition) is 0. The molecule has 0 radical (unpaired) electrons. The summed E-state index contributed by atoms with van der Waals surface area (Å²) in [4.78, 5) is 8.44. The lowest BCUT2D eigenvalue weighted by Gasteiger charge is -2.51. The summed E-state index contributed by atoms with van der Waals surface area (Å²) >= 11 is 1.93. The van der Waals surface area contributed by atoms with Crippen LogP contribution in [0.1, 0.15) is 174 Å². The van der Waals surface area contributed by atoms with E-state index in [0.717, 1.165) is 32.1 Å². The van der Waals surface area contributed by atoms with E-state index in [9.17, 15) is 0 Å². The lowest BCUT2D eigenvalue weighted by atomic mass is 9.33. The quantitative estimate of drug-likeness (QED) is 0.159. The second-order valence-corrected chi connectivity index (χ2v) is 32.5. The molecule has 4 heterocycles. The van der Waals surface area contributed by atoms with E-state index >= 15 is 0 Å². The molecule has 1 saturated carbocycles. The minimum atomic E-state index is -0.209. The number of fused-ring (bicyclic) bond motifs is 12. The molecular formula is C82H84BN3S. The molecule has 3 aliphatic carbocycles. The summed E-state index contributed by atoms with van der Waals surface area (Å²) in [7, 11) is 0. The third-order valence-electron chi connectivity index (χ3n) is 23.1. The SMILES string of the molecule is Cc1cc(-c2ccccc2)ccc1N1c2cc3c(cc2B2c4cc5c(cc4N(c4cccc6sc7ccccc7c46)c4cc(N6c7ccc(-c8ccc(C(C)(C)C)cc8)cc7C7(C)CCCCC67C)cc1c42)C(C)(C)CC5(C)C)C(C)(C)CCC3(C)C. The van der Waals surface area contributed by atoms with Gasteiger partial charge in [0.25, 0.3) is 6.71 Å². The van der Waals surface area contributed by atoms with Crippen molar-refractivity contribution in [1.29, 1.82) is 0 Å². The number of thiophene rings is 1. The molecule has 87 heavy (non-hydrogen) atoms. The molecule has 3 aliphatic heterocycles. The van der Waals surface area contributed by atoms with Crippen molar-refractivity contribution < 1.29 is 0 Å². The highest BCUT2D eigenvalue weighted by atomic mass is 32.1. The Labute approximate surface area is 522 Å². The molecule has 2 atom stereocenters. The summed E-state index contributed by atoms with van der Waals surface area (Å²) in [6.45, 7) is 34.6. The van der Waals surface area contributed by atoms with E-state index in [-0.39, 0.29) is 44.7 Å². The monoisotopic (exact) mass is 1150 g/mol. The molecule has 1 aromatic heterocycles. The highest BCUT2D eigenvalue weighted by Crippen LogP contribution is 2.63. The largest absolute Gasteiger partial charge is 0.334 e. The van der Waals surface area contributed by atoms with E-state index in [4.69, 9.17) is 0 Å². The van der Waals surface area contributed by atoms with Crippen LogP contribution in [0, 0.1) is 6.92 Å². The maximum Gasteiger partial charge on any atom is 0.252 e. The van der Waals surface area contributed by atoms with Gasteiger partial charge in [-0.05, 0) is 217 Å². The van der Waals surface area contributed by atoms with Gasteiger partial charge in [-0.15, -0.1) is 11.3 Å². The summed E-state index contributed by atoms with van der Waals surface area (Å²) in [5.74, 6) is 0. The zero-order valence-corrected chi connectivity index (χ0v) is 54.8. The fourth-order valence-corrected chi connectivity index (χ4v) is 19.4. The van der Waals surface area contributed by atoms with Crippen molar-refractivity contribution in [3.8, 4) is 22.3 Å². The Kier molecular flexibility index (Phi) is 11.6. The molecule has 6 aliphatic rings. The van der Waals surface area contributed by atoms with Crippen LogP contribution in [-0.2, 0) is 32.5 Å². The lowest BCUT2D eigenvalue weighted by Crippen LogP contribution is -2.62. The molecule has 1 fully saturated rings. The van der Waals surface area contributed by atoms with Crippen LogP contribution in [0.5, 0.6) is 0 Å². The molecule has 0 saturated heterocycles. The number of hydrogen-bond acceptors (Lipinski definition) is 4. The highest BCUT2D eigenvalue weighted by Gasteiger charge is 2.59. The molecule has 0 bridgehead atoms. The van der Waals surface area contributed by atoms with Crippen molar-refractivity contribution in [3.63, 3.8) is 0 Å². The number of benzene rings is 9. The first kappa shape index (κ1) is 55.0. The molecule has 0 N–H and O–H groups in total. The first-order chi connectivity index (χ1) is 41.4. The van der Waals surface area contributed by atoms with Gasteiger partial charge in [0.15, 0.2) is 0 Å². The first-order valence-corrected chi connectivity index (χ1v) is 33.5. The third-order valence-corrected chi connectivity index (χ3v) is 24.3. The van der Waals surface area contributed by atoms with Gasteiger partial charge in [-0.25, -0.2) is 0 Å². The van der Waals surface area contributed by atoms with Crippen LogP contribution in [0.4, 0.5) is 45.5 Å². The van der Waals surface area contributed by atoms with Crippen LogP contribution in [0.25, 0.3) is 42.4 Å². The molecule has 0 spiro atoms. The van der Waals surface area contributed by atoms with Gasteiger partial charge in [-0.2, -0.15) is 0 Å². The Morgan fingerprint density at radius 3 is 1.62 bits per heavy atom. The zero-order chi connectivity index (χ0) is 60.3. The van der Waals surface area contributed by atoms with Crippen molar-refractivity contribution >= 4 is 100 Å². The summed E-state index contributed by atoms with van der Waals surface area (Å²) in [5.41, 5.74) is 29.5. The Balaban J connectivity index is 1.04. The predicted molar refractivity (Wildman–Crippen MR) is 376 cm³/mol. The van der Waals surface area contributed by atoms with Gasteiger partial charge in [-0.3, -0.25) is 0 Å². The summed E-state index contributed by atoms with van der Waals surface area (Å²) in [6, 6.07) is 67.8. The van der Waals surface area contributed by atoms with Crippen molar-refractivity contribution in [2.45, 2.75) is 180 Å². The Morgan fingerprint density at radius 2 is 0.966 bits per heavy atom. The van der Waals surface area contributed by atoms with Gasteiger partial charge in [0.1, 0.15) is 0 Å². The van der Waals surface area contributed by atoms with E-state index in [1.165, 1.54) is 156 Å². The van der Waals surface area contributed by atoms with Crippen LogP contribution in [-0.4, -0.2) is 12.3 Å². The number of nitrogens with zero attached hydrogens (tertiary/aromatic N) is 3. The fraction of sp³-hybridized carbons (Fsp3) is 0.341. The Morgan fingerprint density at radius 1 is 0.425 bits per heavy atom. The second kappa shape index (κ2) is 18.4. The highest BCUT2D eigenvalue weighted by molar-refractivity contribution is 7.26. The van der Waals surface area contributed by atoms with Gasteiger partial charge in [0.05, 0.1) is 11.2 Å². The molecule has 3 nitrogen and oxygen atoms in total. The predicted octanol–water partition coefficient (Wildman–Crippen LogP) is 21.1. The van der Waals surface area contributed by atoms with Gasteiger partial charge >= 0.3 is 0 Å². The number of rotatable bonds is 5.